The first-order valence-electron chi connectivity index (χ1n) is 7.51. The summed E-state index contributed by atoms with van der Waals surface area (Å²) < 4.78 is 27.9. The van der Waals surface area contributed by atoms with Crippen LogP contribution in [-0.2, 0) is 21.4 Å². The molecule has 25 heavy (non-hydrogen) atoms. The average molecular weight is 384 g/mol. The third kappa shape index (κ3) is 4.75. The van der Waals surface area contributed by atoms with Gasteiger partial charge in [0, 0.05) is 29.3 Å². The summed E-state index contributed by atoms with van der Waals surface area (Å²) in [4.78, 5) is 24.7. The van der Waals surface area contributed by atoms with Crippen LogP contribution in [0.1, 0.15) is 10.6 Å². The maximum absolute atomic E-state index is 12.2. The Kier molecular flexibility index (Phi) is 6.11. The van der Waals surface area contributed by atoms with Crippen LogP contribution in [0.5, 0.6) is 0 Å². The van der Waals surface area contributed by atoms with E-state index in [0.29, 0.717) is 5.69 Å². The van der Waals surface area contributed by atoms with Gasteiger partial charge in [-0.15, -0.1) is 0 Å². The summed E-state index contributed by atoms with van der Waals surface area (Å²) in [5, 5.41) is 2.61. The first-order chi connectivity index (χ1) is 11.7. The lowest BCUT2D eigenvalue weighted by Crippen LogP contribution is -2.29. The van der Waals surface area contributed by atoms with E-state index in [9.17, 15) is 18.0 Å². The molecule has 0 aliphatic heterocycles. The molecule has 2 rings (SSSR count). The molecule has 0 spiro atoms. The molecule has 8 nitrogen and oxygen atoms in total. The standard InChI is InChI=1S/C15H20N4O4S2/c1-10-11(2)24-15(21)19(10)9-14(20)18-12-4-3-5-13(8-12)25(22,23)17-7-6-16/h3-5,8,17H,6-7,9,16H2,1-2H3,(H,18,20). The number of aromatic nitrogens is 1. The number of sulfonamides is 1. The topological polar surface area (TPSA) is 123 Å². The number of thiazole rings is 1. The minimum atomic E-state index is -3.68. The predicted molar refractivity (Wildman–Crippen MR) is 97.4 cm³/mol. The van der Waals surface area contributed by atoms with Crippen LogP contribution < -0.4 is 20.6 Å². The quantitative estimate of drug-likeness (QED) is 0.638. The summed E-state index contributed by atoms with van der Waals surface area (Å²) in [6, 6.07) is 5.88. The molecule has 0 bridgehead atoms. The molecule has 0 saturated heterocycles. The number of aryl methyl sites for hydroxylation is 1. The van der Waals surface area contributed by atoms with E-state index < -0.39 is 15.9 Å². The average Bonchev–Trinajstić information content (AvgIpc) is 2.79. The molecule has 0 radical (unpaired) electrons. The number of benzene rings is 1. The van der Waals surface area contributed by atoms with E-state index in [1.165, 1.54) is 22.8 Å². The van der Waals surface area contributed by atoms with Crippen LogP contribution in [0.2, 0.25) is 0 Å². The van der Waals surface area contributed by atoms with Crippen molar-refractivity contribution >= 4 is 33.0 Å². The van der Waals surface area contributed by atoms with Crippen molar-refractivity contribution in [3.63, 3.8) is 0 Å². The molecular formula is C15H20N4O4S2. The number of amides is 1. The number of nitrogens with one attached hydrogen (secondary N) is 2. The van der Waals surface area contributed by atoms with Crippen molar-refractivity contribution in [2.45, 2.75) is 25.3 Å². The molecule has 1 aromatic heterocycles. The molecular weight excluding hydrogens is 364 g/mol. The Bertz CT molecular complexity index is 931. The Morgan fingerprint density at radius 3 is 2.64 bits per heavy atom. The Morgan fingerprint density at radius 2 is 2.04 bits per heavy atom. The van der Waals surface area contributed by atoms with Crippen LogP contribution >= 0.6 is 11.3 Å². The fraction of sp³-hybridized carbons (Fsp3) is 0.333. The summed E-state index contributed by atoms with van der Waals surface area (Å²) in [6.07, 6.45) is 0. The van der Waals surface area contributed by atoms with Crippen LogP contribution in [-0.4, -0.2) is 32.0 Å². The van der Waals surface area contributed by atoms with E-state index >= 15 is 0 Å². The zero-order chi connectivity index (χ0) is 18.6. The summed E-state index contributed by atoms with van der Waals surface area (Å²) in [5.41, 5.74) is 6.37. The highest BCUT2D eigenvalue weighted by atomic mass is 32.2. The molecule has 1 amide bonds. The number of carbonyl (C=O) groups excluding carboxylic acids is 1. The van der Waals surface area contributed by atoms with Gasteiger partial charge in [0.2, 0.25) is 15.9 Å². The highest BCUT2D eigenvalue weighted by Crippen LogP contribution is 2.16. The molecule has 4 N–H and O–H groups in total. The molecule has 2 aromatic rings. The van der Waals surface area contributed by atoms with Gasteiger partial charge in [-0.3, -0.25) is 14.2 Å². The lowest BCUT2D eigenvalue weighted by atomic mass is 10.3. The van der Waals surface area contributed by atoms with E-state index in [0.717, 1.165) is 21.9 Å². The fourth-order valence-electron chi connectivity index (χ4n) is 2.13. The van der Waals surface area contributed by atoms with Crippen LogP contribution in [0.25, 0.3) is 0 Å². The summed E-state index contributed by atoms with van der Waals surface area (Å²) in [5.74, 6) is -0.410. The first kappa shape index (κ1) is 19.3. The van der Waals surface area contributed by atoms with Crippen molar-refractivity contribution in [3.05, 3.63) is 44.5 Å². The van der Waals surface area contributed by atoms with E-state index in [2.05, 4.69) is 10.0 Å². The lowest BCUT2D eigenvalue weighted by Gasteiger charge is -2.10. The summed E-state index contributed by atoms with van der Waals surface area (Å²) >= 11 is 1.09. The van der Waals surface area contributed by atoms with Crippen molar-refractivity contribution in [1.29, 1.82) is 0 Å². The molecule has 0 fully saturated rings. The molecule has 1 heterocycles. The lowest BCUT2D eigenvalue weighted by molar-refractivity contribution is -0.116. The van der Waals surface area contributed by atoms with E-state index in [1.807, 2.05) is 6.92 Å². The second-order valence-electron chi connectivity index (χ2n) is 5.36. The molecule has 0 saturated carbocycles. The number of hydrogen-bond acceptors (Lipinski definition) is 6. The highest BCUT2D eigenvalue weighted by Gasteiger charge is 2.15. The second-order valence-corrected chi connectivity index (χ2v) is 8.29. The molecule has 0 unspecified atom stereocenters. The van der Waals surface area contributed by atoms with Gasteiger partial charge in [-0.1, -0.05) is 17.4 Å². The summed E-state index contributed by atoms with van der Waals surface area (Å²) in [6.45, 7) is 3.77. The van der Waals surface area contributed by atoms with Gasteiger partial charge >= 0.3 is 4.87 Å². The Labute approximate surface area is 149 Å². The second kappa shape index (κ2) is 7.91. The molecule has 136 valence electrons. The van der Waals surface area contributed by atoms with Crippen molar-refractivity contribution in [2.24, 2.45) is 5.73 Å². The van der Waals surface area contributed by atoms with Gasteiger partial charge in [-0.2, -0.15) is 0 Å². The molecule has 0 atom stereocenters. The van der Waals surface area contributed by atoms with Gasteiger partial charge in [0.15, 0.2) is 0 Å². The monoisotopic (exact) mass is 384 g/mol. The van der Waals surface area contributed by atoms with Crippen LogP contribution in [0.4, 0.5) is 5.69 Å². The first-order valence-corrected chi connectivity index (χ1v) is 9.81. The Balaban J connectivity index is 2.14. The van der Waals surface area contributed by atoms with Gasteiger partial charge in [-0.25, -0.2) is 13.1 Å². The number of nitrogens with zero attached hydrogens (tertiary/aromatic N) is 1. The van der Waals surface area contributed by atoms with E-state index in [-0.39, 0.29) is 29.4 Å². The molecule has 1 aromatic carbocycles. The number of nitrogens with two attached hydrogens (primary N) is 1. The van der Waals surface area contributed by atoms with E-state index in [4.69, 9.17) is 5.73 Å². The van der Waals surface area contributed by atoms with Crippen LogP contribution in [0.3, 0.4) is 0 Å². The third-order valence-corrected chi connectivity index (χ3v) is 6.00. The van der Waals surface area contributed by atoms with Crippen LogP contribution in [0, 0.1) is 13.8 Å². The van der Waals surface area contributed by atoms with Gasteiger partial charge in [-0.05, 0) is 32.0 Å². The maximum atomic E-state index is 12.2. The minimum absolute atomic E-state index is 0.0264. The maximum Gasteiger partial charge on any atom is 0.308 e. The van der Waals surface area contributed by atoms with Crippen molar-refractivity contribution < 1.29 is 13.2 Å². The fourth-order valence-corrected chi connectivity index (χ4v) is 4.06. The number of rotatable bonds is 7. The van der Waals surface area contributed by atoms with Gasteiger partial charge in [0.25, 0.3) is 0 Å². The minimum Gasteiger partial charge on any atom is -0.329 e. The highest BCUT2D eigenvalue weighted by molar-refractivity contribution is 7.89. The SMILES string of the molecule is Cc1sc(=O)n(CC(=O)Nc2cccc(S(=O)(=O)NCCN)c2)c1C. The third-order valence-electron chi connectivity index (χ3n) is 3.54. The van der Waals surface area contributed by atoms with Crippen molar-refractivity contribution in [2.75, 3.05) is 18.4 Å². The zero-order valence-corrected chi connectivity index (χ0v) is 15.5. The number of anilines is 1. The van der Waals surface area contributed by atoms with Gasteiger partial charge in [0.1, 0.15) is 6.54 Å². The predicted octanol–water partition coefficient (Wildman–Crippen LogP) is 0.402. The van der Waals surface area contributed by atoms with Crippen molar-refractivity contribution in [1.82, 2.24) is 9.29 Å². The number of hydrogen-bond donors (Lipinski definition) is 3. The zero-order valence-electron chi connectivity index (χ0n) is 13.9. The Hall–Kier alpha value is -2.01. The van der Waals surface area contributed by atoms with Crippen molar-refractivity contribution in [3.8, 4) is 0 Å². The normalized spacial score (nSPS) is 11.5. The molecule has 0 aliphatic rings. The smallest absolute Gasteiger partial charge is 0.308 e. The largest absolute Gasteiger partial charge is 0.329 e. The van der Waals surface area contributed by atoms with Crippen LogP contribution in [0.15, 0.2) is 34.0 Å². The van der Waals surface area contributed by atoms with Gasteiger partial charge in [0.05, 0.1) is 4.90 Å². The van der Waals surface area contributed by atoms with E-state index in [1.54, 1.807) is 13.0 Å². The Morgan fingerprint density at radius 1 is 1.32 bits per heavy atom. The van der Waals surface area contributed by atoms with Gasteiger partial charge < -0.3 is 11.1 Å². The number of carbonyl (C=O) groups is 1. The molecule has 10 heteroatoms. The summed E-state index contributed by atoms with van der Waals surface area (Å²) in [7, 11) is -3.68. The molecule has 0 aliphatic carbocycles.